The van der Waals surface area contributed by atoms with Crippen LogP contribution in [0.4, 0.5) is 5.95 Å². The minimum absolute atomic E-state index is 0.723. The number of pyridine rings is 1. The number of hydrogen-bond acceptors (Lipinski definition) is 5. The average Bonchev–Trinajstić information content (AvgIpc) is 2.89. The zero-order chi connectivity index (χ0) is 13.2. The molecule has 0 bridgehead atoms. The van der Waals surface area contributed by atoms with Gasteiger partial charge in [-0.3, -0.25) is 9.88 Å². The number of anilines is 1. The van der Waals surface area contributed by atoms with Crippen LogP contribution >= 0.6 is 11.8 Å². The van der Waals surface area contributed by atoms with E-state index in [9.17, 15) is 0 Å². The highest BCUT2D eigenvalue weighted by atomic mass is 32.2. The third-order valence-corrected chi connectivity index (χ3v) is 3.74. The number of aryl methyl sites for hydroxylation is 2. The molecule has 0 spiro atoms. The molecule has 0 unspecified atom stereocenters. The van der Waals surface area contributed by atoms with Gasteiger partial charge in [0.25, 0.3) is 0 Å². The lowest BCUT2D eigenvalue weighted by atomic mass is 10.1. The van der Waals surface area contributed by atoms with E-state index in [1.54, 1.807) is 24.2 Å². The number of nitrogens with zero attached hydrogens (tertiary/aromatic N) is 4. The van der Waals surface area contributed by atoms with Gasteiger partial charge >= 0.3 is 0 Å². The molecule has 5 heteroatoms. The Morgan fingerprint density at radius 3 is 2.68 bits per heavy atom. The Morgan fingerprint density at radius 2 is 1.95 bits per heavy atom. The van der Waals surface area contributed by atoms with Crippen LogP contribution in [0.15, 0.2) is 36.1 Å². The molecule has 0 amide bonds. The van der Waals surface area contributed by atoms with E-state index in [2.05, 4.69) is 45.2 Å². The zero-order valence-corrected chi connectivity index (χ0v) is 11.7. The lowest BCUT2D eigenvalue weighted by Crippen LogP contribution is -2.20. The minimum Gasteiger partial charge on any atom is -0.298 e. The van der Waals surface area contributed by atoms with Crippen LogP contribution in [0.3, 0.4) is 0 Å². The fourth-order valence-electron chi connectivity index (χ4n) is 2.09. The summed E-state index contributed by atoms with van der Waals surface area (Å²) in [5.41, 5.74) is 4.43. The predicted molar refractivity (Wildman–Crippen MR) is 78.7 cm³/mol. The van der Waals surface area contributed by atoms with Gasteiger partial charge in [-0.25, -0.2) is 9.97 Å². The van der Waals surface area contributed by atoms with E-state index in [1.165, 1.54) is 11.1 Å². The molecule has 0 saturated heterocycles. The van der Waals surface area contributed by atoms with Gasteiger partial charge in [-0.15, -0.1) is 11.8 Å². The van der Waals surface area contributed by atoms with Crippen LogP contribution in [0.25, 0.3) is 5.70 Å². The van der Waals surface area contributed by atoms with Crippen LogP contribution in [0.1, 0.15) is 16.8 Å². The number of thioether (sulfide) groups is 1. The number of rotatable bonds is 2. The van der Waals surface area contributed by atoms with Crippen molar-refractivity contribution in [1.82, 2.24) is 15.0 Å². The Bertz CT molecular complexity index is 625. The summed E-state index contributed by atoms with van der Waals surface area (Å²) in [4.78, 5) is 15.3. The molecule has 19 heavy (non-hydrogen) atoms. The highest BCUT2D eigenvalue weighted by Crippen LogP contribution is 2.33. The van der Waals surface area contributed by atoms with E-state index < -0.39 is 0 Å². The summed E-state index contributed by atoms with van der Waals surface area (Å²) in [7, 11) is 0. The van der Waals surface area contributed by atoms with Crippen LogP contribution in [-0.4, -0.2) is 20.8 Å². The normalized spacial score (nSPS) is 14.6. The molecule has 3 rings (SSSR count). The van der Waals surface area contributed by atoms with Gasteiger partial charge in [-0.2, -0.15) is 0 Å². The molecule has 0 N–H and O–H groups in total. The standard InChI is InChI=1S/C14H14N4S/c1-10-6-11(2)13(17-7-10)12-8-19-9-18(12)14-15-4-3-5-16-14/h3-8H,9H2,1-2H3. The van der Waals surface area contributed by atoms with Crippen molar-refractivity contribution in [2.45, 2.75) is 13.8 Å². The lowest BCUT2D eigenvalue weighted by molar-refractivity contribution is 1.02. The quantitative estimate of drug-likeness (QED) is 0.839. The second kappa shape index (κ2) is 5.01. The van der Waals surface area contributed by atoms with Gasteiger partial charge < -0.3 is 0 Å². The SMILES string of the molecule is Cc1cnc(C2=CSCN2c2ncccn2)c(C)c1. The molecule has 0 fully saturated rings. The van der Waals surface area contributed by atoms with Crippen molar-refractivity contribution in [3.05, 3.63) is 53.0 Å². The number of hydrogen-bond donors (Lipinski definition) is 0. The maximum atomic E-state index is 4.56. The van der Waals surface area contributed by atoms with E-state index >= 15 is 0 Å². The van der Waals surface area contributed by atoms with Gasteiger partial charge in [0.1, 0.15) is 0 Å². The van der Waals surface area contributed by atoms with Gasteiger partial charge in [0.2, 0.25) is 5.95 Å². The fraction of sp³-hybridized carbons (Fsp3) is 0.214. The zero-order valence-electron chi connectivity index (χ0n) is 10.9. The molecule has 0 radical (unpaired) electrons. The molecule has 0 aliphatic carbocycles. The third-order valence-electron chi connectivity index (χ3n) is 2.94. The Kier molecular flexibility index (Phi) is 3.21. The van der Waals surface area contributed by atoms with Gasteiger partial charge in [0.15, 0.2) is 0 Å². The Balaban J connectivity index is 2.00. The maximum Gasteiger partial charge on any atom is 0.230 e. The van der Waals surface area contributed by atoms with Crippen molar-refractivity contribution in [3.8, 4) is 0 Å². The van der Waals surface area contributed by atoms with Gasteiger partial charge in [0.05, 0.1) is 17.3 Å². The first-order chi connectivity index (χ1) is 9.25. The molecule has 3 heterocycles. The topological polar surface area (TPSA) is 41.9 Å². The summed E-state index contributed by atoms with van der Waals surface area (Å²) in [5, 5.41) is 2.13. The average molecular weight is 270 g/mol. The molecular weight excluding hydrogens is 256 g/mol. The van der Waals surface area contributed by atoms with Crippen molar-refractivity contribution in [2.75, 3.05) is 10.8 Å². The number of aromatic nitrogens is 3. The van der Waals surface area contributed by atoms with E-state index in [0.29, 0.717) is 0 Å². The Labute approximate surface area is 116 Å². The Morgan fingerprint density at radius 1 is 1.16 bits per heavy atom. The van der Waals surface area contributed by atoms with Crippen molar-refractivity contribution in [1.29, 1.82) is 0 Å². The third kappa shape index (κ3) is 2.33. The van der Waals surface area contributed by atoms with Crippen LogP contribution in [0.2, 0.25) is 0 Å². The second-order valence-corrected chi connectivity index (χ2v) is 5.28. The summed E-state index contributed by atoms with van der Waals surface area (Å²) in [6, 6.07) is 3.97. The smallest absolute Gasteiger partial charge is 0.230 e. The van der Waals surface area contributed by atoms with Crippen molar-refractivity contribution in [3.63, 3.8) is 0 Å². The van der Waals surface area contributed by atoms with Gasteiger partial charge in [-0.1, -0.05) is 6.07 Å². The monoisotopic (exact) mass is 270 g/mol. The van der Waals surface area contributed by atoms with Gasteiger partial charge in [-0.05, 0) is 36.4 Å². The molecule has 1 aliphatic heterocycles. The van der Waals surface area contributed by atoms with E-state index in [4.69, 9.17) is 0 Å². The molecule has 2 aromatic rings. The Hall–Kier alpha value is -1.88. The first-order valence-corrected chi connectivity index (χ1v) is 7.10. The summed E-state index contributed by atoms with van der Waals surface area (Å²) in [5.74, 6) is 1.55. The molecule has 4 nitrogen and oxygen atoms in total. The van der Waals surface area contributed by atoms with Crippen LogP contribution in [-0.2, 0) is 0 Å². The molecule has 0 atom stereocenters. The van der Waals surface area contributed by atoms with Gasteiger partial charge in [0, 0.05) is 18.6 Å². The second-order valence-electron chi connectivity index (χ2n) is 4.45. The predicted octanol–water partition coefficient (Wildman–Crippen LogP) is 3.00. The molecule has 1 aliphatic rings. The van der Waals surface area contributed by atoms with Crippen LogP contribution in [0, 0.1) is 13.8 Å². The molecular formula is C14H14N4S. The molecule has 2 aromatic heterocycles. The summed E-state index contributed by atoms with van der Waals surface area (Å²) < 4.78 is 0. The van der Waals surface area contributed by atoms with Crippen molar-refractivity contribution in [2.24, 2.45) is 0 Å². The van der Waals surface area contributed by atoms with Crippen LogP contribution in [0.5, 0.6) is 0 Å². The molecule has 0 aromatic carbocycles. The van der Waals surface area contributed by atoms with E-state index in [1.807, 2.05) is 12.3 Å². The van der Waals surface area contributed by atoms with Crippen molar-refractivity contribution >= 4 is 23.4 Å². The lowest BCUT2D eigenvalue weighted by Gasteiger charge is -2.19. The summed E-state index contributed by atoms with van der Waals surface area (Å²) >= 11 is 1.74. The van der Waals surface area contributed by atoms with Crippen molar-refractivity contribution < 1.29 is 0 Å². The summed E-state index contributed by atoms with van der Waals surface area (Å²) in [6.45, 7) is 4.14. The summed E-state index contributed by atoms with van der Waals surface area (Å²) in [6.07, 6.45) is 5.42. The fourth-order valence-corrected chi connectivity index (χ4v) is 2.96. The maximum absolute atomic E-state index is 4.56. The van der Waals surface area contributed by atoms with E-state index in [-0.39, 0.29) is 0 Å². The largest absolute Gasteiger partial charge is 0.298 e. The first kappa shape index (κ1) is 12.2. The highest BCUT2D eigenvalue weighted by molar-refractivity contribution is 8.02. The minimum atomic E-state index is 0.723. The first-order valence-electron chi connectivity index (χ1n) is 6.05. The van der Waals surface area contributed by atoms with Crippen LogP contribution < -0.4 is 4.90 Å². The van der Waals surface area contributed by atoms with E-state index in [0.717, 1.165) is 23.2 Å². The molecule has 96 valence electrons. The molecule has 0 saturated carbocycles. The highest BCUT2D eigenvalue weighted by Gasteiger charge is 2.23.